The van der Waals surface area contributed by atoms with Gasteiger partial charge in [0.05, 0.1) is 10.6 Å². The van der Waals surface area contributed by atoms with Gasteiger partial charge in [-0.2, -0.15) is 0 Å². The van der Waals surface area contributed by atoms with Crippen LogP contribution in [0.4, 0.5) is 0 Å². The lowest BCUT2D eigenvalue weighted by Gasteiger charge is -2.12. The molecule has 2 aliphatic rings. The fraction of sp³-hybridized carbons (Fsp3) is 0.571. The average molecular weight is 265 g/mol. The third-order valence-electron chi connectivity index (χ3n) is 3.89. The summed E-state index contributed by atoms with van der Waals surface area (Å²) in [6.45, 7) is 0.922. The Kier molecular flexibility index (Phi) is 3.16. The van der Waals surface area contributed by atoms with Crippen LogP contribution < -0.4 is 5.32 Å². The SMILES string of the molecule is O=S1(=O)CC(NCCCC2CC2)c2ccccc21. The zero-order chi connectivity index (χ0) is 12.6. The molecule has 0 amide bonds. The van der Waals surface area contributed by atoms with Crippen LogP contribution in [0.5, 0.6) is 0 Å². The Balaban J connectivity index is 1.63. The Bertz CT molecular complexity index is 534. The van der Waals surface area contributed by atoms with E-state index in [1.54, 1.807) is 12.1 Å². The molecular formula is C14H19NO2S. The zero-order valence-electron chi connectivity index (χ0n) is 10.4. The molecule has 1 aromatic carbocycles. The summed E-state index contributed by atoms with van der Waals surface area (Å²) in [5, 5.41) is 3.40. The van der Waals surface area contributed by atoms with Crippen LogP contribution in [0.1, 0.15) is 37.3 Å². The first-order chi connectivity index (χ1) is 8.67. The minimum Gasteiger partial charge on any atom is -0.309 e. The molecule has 3 nitrogen and oxygen atoms in total. The summed E-state index contributed by atoms with van der Waals surface area (Å²) in [5.74, 6) is 1.17. The van der Waals surface area contributed by atoms with Crippen LogP contribution in [0.3, 0.4) is 0 Å². The van der Waals surface area contributed by atoms with Gasteiger partial charge in [-0.05, 0) is 36.9 Å². The molecule has 1 aliphatic carbocycles. The molecule has 1 aliphatic heterocycles. The topological polar surface area (TPSA) is 46.2 Å². The smallest absolute Gasteiger partial charge is 0.180 e. The van der Waals surface area contributed by atoms with Gasteiger partial charge in [-0.25, -0.2) is 8.42 Å². The average Bonchev–Trinajstić information content (AvgIpc) is 3.13. The van der Waals surface area contributed by atoms with Crippen LogP contribution in [0.2, 0.25) is 0 Å². The van der Waals surface area contributed by atoms with E-state index in [1.807, 2.05) is 12.1 Å². The molecule has 4 heteroatoms. The molecule has 1 N–H and O–H groups in total. The fourth-order valence-corrected chi connectivity index (χ4v) is 4.46. The molecule has 0 aromatic heterocycles. The van der Waals surface area contributed by atoms with Crippen LogP contribution >= 0.6 is 0 Å². The van der Waals surface area contributed by atoms with E-state index in [2.05, 4.69) is 5.32 Å². The van der Waals surface area contributed by atoms with E-state index in [9.17, 15) is 8.42 Å². The van der Waals surface area contributed by atoms with E-state index in [-0.39, 0.29) is 11.8 Å². The Labute approximate surface area is 109 Å². The van der Waals surface area contributed by atoms with Crippen LogP contribution in [0.25, 0.3) is 0 Å². The second kappa shape index (κ2) is 4.67. The molecule has 98 valence electrons. The molecule has 0 spiro atoms. The molecule has 1 unspecified atom stereocenters. The van der Waals surface area contributed by atoms with Gasteiger partial charge in [0.25, 0.3) is 0 Å². The molecule has 0 radical (unpaired) electrons. The number of nitrogens with one attached hydrogen (secondary N) is 1. The Hall–Kier alpha value is -0.870. The van der Waals surface area contributed by atoms with Crippen LogP contribution in [0, 0.1) is 5.92 Å². The van der Waals surface area contributed by atoms with Crippen molar-refractivity contribution in [2.24, 2.45) is 5.92 Å². The minimum absolute atomic E-state index is 0.00889. The van der Waals surface area contributed by atoms with Crippen LogP contribution in [-0.4, -0.2) is 20.7 Å². The van der Waals surface area contributed by atoms with E-state index in [1.165, 1.54) is 19.3 Å². The lowest BCUT2D eigenvalue weighted by atomic mass is 10.1. The van der Waals surface area contributed by atoms with Gasteiger partial charge in [-0.1, -0.05) is 31.0 Å². The van der Waals surface area contributed by atoms with Crippen molar-refractivity contribution < 1.29 is 8.42 Å². The van der Waals surface area contributed by atoms with Crippen LogP contribution in [0.15, 0.2) is 29.2 Å². The molecule has 3 rings (SSSR count). The number of rotatable bonds is 5. The van der Waals surface area contributed by atoms with Crippen molar-refractivity contribution in [3.05, 3.63) is 29.8 Å². The highest BCUT2D eigenvalue weighted by Gasteiger charge is 2.33. The summed E-state index contributed by atoms with van der Waals surface area (Å²) in [6.07, 6.45) is 5.22. The number of benzene rings is 1. The summed E-state index contributed by atoms with van der Waals surface area (Å²) in [4.78, 5) is 0.518. The number of fused-ring (bicyclic) bond motifs is 1. The predicted octanol–water partition coefficient (Wildman–Crippen LogP) is 2.29. The quantitative estimate of drug-likeness (QED) is 0.831. The largest absolute Gasteiger partial charge is 0.309 e. The lowest BCUT2D eigenvalue weighted by molar-refractivity contribution is 0.533. The van der Waals surface area contributed by atoms with Gasteiger partial charge in [0, 0.05) is 6.04 Å². The molecule has 18 heavy (non-hydrogen) atoms. The maximum absolute atomic E-state index is 12.0. The Morgan fingerprint density at radius 1 is 1.22 bits per heavy atom. The first-order valence-electron chi connectivity index (χ1n) is 6.72. The fourth-order valence-electron chi connectivity index (χ4n) is 2.69. The first-order valence-corrected chi connectivity index (χ1v) is 8.37. The third-order valence-corrected chi connectivity index (χ3v) is 5.71. The van der Waals surface area contributed by atoms with E-state index >= 15 is 0 Å². The van der Waals surface area contributed by atoms with Crippen molar-refractivity contribution in [3.63, 3.8) is 0 Å². The molecular weight excluding hydrogens is 246 g/mol. The maximum Gasteiger partial charge on any atom is 0.180 e. The van der Waals surface area contributed by atoms with Crippen molar-refractivity contribution in [1.82, 2.24) is 5.32 Å². The van der Waals surface area contributed by atoms with E-state index < -0.39 is 9.84 Å². The summed E-state index contributed by atoms with van der Waals surface area (Å²) < 4.78 is 23.9. The van der Waals surface area contributed by atoms with Gasteiger partial charge in [0.2, 0.25) is 0 Å². The highest BCUT2D eigenvalue weighted by Crippen LogP contribution is 2.34. The van der Waals surface area contributed by atoms with Crippen molar-refractivity contribution in [2.75, 3.05) is 12.3 Å². The summed E-state index contributed by atoms with van der Waals surface area (Å²) >= 11 is 0. The standard InChI is InChI=1S/C14H19NO2S/c16-18(17)10-13(12-5-1-2-6-14(12)18)15-9-3-4-11-7-8-11/h1-2,5-6,11,13,15H,3-4,7-10H2. The summed E-state index contributed by atoms with van der Waals surface area (Å²) in [5.41, 5.74) is 0.948. The number of hydrogen-bond donors (Lipinski definition) is 1. The summed E-state index contributed by atoms with van der Waals surface area (Å²) in [6, 6.07) is 7.35. The number of hydrogen-bond acceptors (Lipinski definition) is 3. The molecule has 1 saturated carbocycles. The van der Waals surface area contributed by atoms with E-state index in [0.29, 0.717) is 4.90 Å². The minimum atomic E-state index is -3.06. The van der Waals surface area contributed by atoms with E-state index in [0.717, 1.165) is 24.4 Å². The number of sulfone groups is 1. The van der Waals surface area contributed by atoms with Gasteiger partial charge < -0.3 is 5.32 Å². The van der Waals surface area contributed by atoms with Gasteiger partial charge in [-0.3, -0.25) is 0 Å². The Morgan fingerprint density at radius 3 is 2.78 bits per heavy atom. The van der Waals surface area contributed by atoms with Crippen molar-refractivity contribution in [2.45, 2.75) is 36.6 Å². The lowest BCUT2D eigenvalue weighted by Crippen LogP contribution is -2.23. The van der Waals surface area contributed by atoms with Gasteiger partial charge in [0.15, 0.2) is 9.84 Å². The molecule has 1 heterocycles. The highest BCUT2D eigenvalue weighted by molar-refractivity contribution is 7.91. The van der Waals surface area contributed by atoms with Crippen molar-refractivity contribution >= 4 is 9.84 Å². The van der Waals surface area contributed by atoms with Gasteiger partial charge in [-0.15, -0.1) is 0 Å². The molecule has 0 bridgehead atoms. The maximum atomic E-state index is 12.0. The normalized spacial score (nSPS) is 25.0. The van der Waals surface area contributed by atoms with Crippen LogP contribution in [-0.2, 0) is 9.84 Å². The first kappa shape index (κ1) is 12.2. The second-order valence-corrected chi connectivity index (χ2v) is 7.41. The third kappa shape index (κ3) is 2.45. The zero-order valence-corrected chi connectivity index (χ0v) is 11.2. The molecule has 1 aromatic rings. The monoisotopic (exact) mass is 265 g/mol. The highest BCUT2D eigenvalue weighted by atomic mass is 32.2. The predicted molar refractivity (Wildman–Crippen MR) is 71.2 cm³/mol. The second-order valence-electron chi connectivity index (χ2n) is 5.41. The molecule has 1 fully saturated rings. The van der Waals surface area contributed by atoms with Crippen molar-refractivity contribution in [3.8, 4) is 0 Å². The van der Waals surface area contributed by atoms with Gasteiger partial charge in [0.1, 0.15) is 0 Å². The Morgan fingerprint density at radius 2 is 2.00 bits per heavy atom. The molecule has 0 saturated heterocycles. The van der Waals surface area contributed by atoms with Gasteiger partial charge >= 0.3 is 0 Å². The molecule has 1 atom stereocenters. The summed E-state index contributed by atoms with van der Waals surface area (Å²) in [7, 11) is -3.06. The van der Waals surface area contributed by atoms with E-state index in [4.69, 9.17) is 0 Å². The van der Waals surface area contributed by atoms with Crippen molar-refractivity contribution in [1.29, 1.82) is 0 Å².